The second-order valence-corrected chi connectivity index (χ2v) is 7.47. The molecule has 1 aromatic rings. The number of carbonyl (C=O) groups excluding carboxylic acids is 1. The summed E-state index contributed by atoms with van der Waals surface area (Å²) in [6.07, 6.45) is 4.15. The summed E-state index contributed by atoms with van der Waals surface area (Å²) in [6, 6.07) is 4.37. The van der Waals surface area contributed by atoms with E-state index in [-0.39, 0.29) is 17.4 Å². The van der Waals surface area contributed by atoms with E-state index in [9.17, 15) is 4.79 Å². The minimum absolute atomic E-state index is 0.199. The van der Waals surface area contributed by atoms with Gasteiger partial charge in [-0.05, 0) is 31.2 Å². The number of guanidine groups is 1. The van der Waals surface area contributed by atoms with Gasteiger partial charge in [0.15, 0.2) is 5.96 Å². The topological polar surface area (TPSA) is 56.7 Å². The Bertz CT molecular complexity index is 533. The van der Waals surface area contributed by atoms with E-state index in [1.54, 1.807) is 23.3 Å². The Labute approximate surface area is 143 Å². The molecule has 1 amide bonds. The molecule has 1 aliphatic rings. The summed E-state index contributed by atoms with van der Waals surface area (Å²) in [5, 5.41) is 8.86. The predicted molar refractivity (Wildman–Crippen MR) is 96.8 cm³/mol. The van der Waals surface area contributed by atoms with E-state index < -0.39 is 0 Å². The fourth-order valence-corrected chi connectivity index (χ4v) is 3.99. The summed E-state index contributed by atoms with van der Waals surface area (Å²) in [6.45, 7) is 2.76. The molecule has 128 valence electrons. The highest BCUT2D eigenvalue weighted by Gasteiger charge is 2.42. The van der Waals surface area contributed by atoms with E-state index in [0.29, 0.717) is 6.54 Å². The Morgan fingerprint density at radius 2 is 2.13 bits per heavy atom. The van der Waals surface area contributed by atoms with E-state index >= 15 is 0 Å². The number of hydrogen-bond acceptors (Lipinski definition) is 3. The smallest absolute Gasteiger partial charge is 0.230 e. The van der Waals surface area contributed by atoms with Crippen molar-refractivity contribution in [1.82, 2.24) is 15.5 Å². The lowest BCUT2D eigenvalue weighted by molar-refractivity contribution is -0.138. The van der Waals surface area contributed by atoms with Crippen LogP contribution in [0.2, 0.25) is 0 Å². The highest BCUT2D eigenvalue weighted by molar-refractivity contribution is 7.10. The average molecular weight is 337 g/mol. The van der Waals surface area contributed by atoms with Crippen LogP contribution < -0.4 is 10.6 Å². The average Bonchev–Trinajstić information content (AvgIpc) is 3.22. The molecule has 0 spiro atoms. The van der Waals surface area contributed by atoms with Crippen molar-refractivity contribution in [2.24, 2.45) is 10.4 Å². The van der Waals surface area contributed by atoms with Gasteiger partial charge in [0.05, 0.1) is 11.5 Å². The van der Waals surface area contributed by atoms with Crippen LogP contribution >= 0.6 is 11.3 Å². The Balaban J connectivity index is 1.97. The lowest BCUT2D eigenvalue weighted by Crippen LogP contribution is -2.49. The molecule has 1 atom stereocenters. The molecule has 0 aliphatic heterocycles. The highest BCUT2D eigenvalue weighted by atomic mass is 32.1. The molecule has 0 bridgehead atoms. The SMILES string of the molecule is CN=C(NCC1(C(=O)N(C)C)CCCC1)NC(C)c1cccs1. The molecule has 1 saturated carbocycles. The molecule has 1 aromatic heterocycles. The van der Waals surface area contributed by atoms with Crippen molar-refractivity contribution < 1.29 is 4.79 Å². The van der Waals surface area contributed by atoms with Gasteiger partial charge in [0.2, 0.25) is 5.91 Å². The molecule has 2 N–H and O–H groups in total. The largest absolute Gasteiger partial charge is 0.355 e. The van der Waals surface area contributed by atoms with Crippen molar-refractivity contribution in [3.05, 3.63) is 22.4 Å². The van der Waals surface area contributed by atoms with Crippen molar-refractivity contribution in [2.45, 2.75) is 38.6 Å². The number of nitrogens with zero attached hydrogens (tertiary/aromatic N) is 2. The molecule has 0 saturated heterocycles. The van der Waals surface area contributed by atoms with Crippen molar-refractivity contribution in [3.63, 3.8) is 0 Å². The van der Waals surface area contributed by atoms with Gasteiger partial charge in [-0.25, -0.2) is 0 Å². The van der Waals surface area contributed by atoms with Gasteiger partial charge in [0.1, 0.15) is 0 Å². The molecule has 5 nitrogen and oxygen atoms in total. The second-order valence-electron chi connectivity index (χ2n) is 6.49. The van der Waals surface area contributed by atoms with Crippen LogP contribution in [0.3, 0.4) is 0 Å². The van der Waals surface area contributed by atoms with Gasteiger partial charge in [-0.2, -0.15) is 0 Å². The number of amides is 1. The monoisotopic (exact) mass is 336 g/mol. The normalized spacial score (nSPS) is 18.5. The first-order chi connectivity index (χ1) is 11.0. The first kappa shape index (κ1) is 17.8. The standard InChI is InChI=1S/C17H28N4OS/c1-13(14-8-7-11-23-14)20-16(18-2)19-12-17(9-5-6-10-17)15(22)21(3)4/h7-8,11,13H,5-6,9-10,12H2,1-4H3,(H2,18,19,20). The van der Waals surface area contributed by atoms with Gasteiger partial charge in [-0.1, -0.05) is 18.9 Å². The maximum atomic E-state index is 12.6. The molecule has 0 radical (unpaired) electrons. The fourth-order valence-electron chi connectivity index (χ4n) is 3.25. The molecule has 0 aromatic carbocycles. The zero-order chi connectivity index (χ0) is 16.9. The third-order valence-corrected chi connectivity index (χ3v) is 5.62. The summed E-state index contributed by atoms with van der Waals surface area (Å²) >= 11 is 1.73. The van der Waals surface area contributed by atoms with Crippen molar-refractivity contribution in [2.75, 3.05) is 27.7 Å². The minimum Gasteiger partial charge on any atom is -0.355 e. The summed E-state index contributed by atoms with van der Waals surface area (Å²) in [4.78, 5) is 19.9. The van der Waals surface area contributed by atoms with E-state index in [1.165, 1.54) is 4.88 Å². The molecule has 1 aliphatic carbocycles. The molecular formula is C17H28N4OS. The lowest BCUT2D eigenvalue weighted by Gasteiger charge is -2.31. The maximum Gasteiger partial charge on any atom is 0.230 e. The number of thiophene rings is 1. The van der Waals surface area contributed by atoms with Crippen LogP contribution in [-0.2, 0) is 4.79 Å². The van der Waals surface area contributed by atoms with Crippen molar-refractivity contribution in [1.29, 1.82) is 0 Å². The Hall–Kier alpha value is -1.56. The molecular weight excluding hydrogens is 308 g/mol. The molecule has 1 fully saturated rings. The van der Waals surface area contributed by atoms with Gasteiger partial charge < -0.3 is 15.5 Å². The molecule has 1 unspecified atom stereocenters. The lowest BCUT2D eigenvalue weighted by atomic mass is 9.84. The summed E-state index contributed by atoms with van der Waals surface area (Å²) in [7, 11) is 5.45. The summed E-state index contributed by atoms with van der Waals surface area (Å²) in [5.74, 6) is 0.980. The third kappa shape index (κ3) is 4.25. The molecule has 1 heterocycles. The molecule has 2 rings (SSSR count). The van der Waals surface area contributed by atoms with E-state index in [0.717, 1.165) is 31.6 Å². The maximum absolute atomic E-state index is 12.6. The van der Waals surface area contributed by atoms with Gasteiger partial charge in [-0.3, -0.25) is 9.79 Å². The van der Waals surface area contributed by atoms with E-state index in [1.807, 2.05) is 14.1 Å². The predicted octanol–water partition coefficient (Wildman–Crippen LogP) is 2.62. The van der Waals surface area contributed by atoms with E-state index in [4.69, 9.17) is 0 Å². The van der Waals surface area contributed by atoms with Crippen LogP contribution in [-0.4, -0.2) is 44.5 Å². The van der Waals surface area contributed by atoms with Gasteiger partial charge in [0, 0.05) is 32.6 Å². The van der Waals surface area contributed by atoms with Crippen LogP contribution in [0.1, 0.15) is 43.5 Å². The summed E-state index contributed by atoms with van der Waals surface area (Å²) < 4.78 is 0. The number of rotatable bonds is 5. The van der Waals surface area contributed by atoms with Crippen molar-refractivity contribution in [3.8, 4) is 0 Å². The van der Waals surface area contributed by atoms with Crippen molar-refractivity contribution >= 4 is 23.2 Å². The highest BCUT2D eigenvalue weighted by Crippen LogP contribution is 2.38. The first-order valence-electron chi connectivity index (χ1n) is 8.21. The number of aliphatic imine (C=N–C) groups is 1. The second kappa shape index (κ2) is 7.81. The molecule has 6 heteroatoms. The third-order valence-electron chi connectivity index (χ3n) is 4.56. The quantitative estimate of drug-likeness (QED) is 0.642. The van der Waals surface area contributed by atoms with Gasteiger partial charge >= 0.3 is 0 Å². The number of nitrogens with one attached hydrogen (secondary N) is 2. The zero-order valence-corrected chi connectivity index (χ0v) is 15.4. The Morgan fingerprint density at radius 3 is 2.65 bits per heavy atom. The number of carbonyl (C=O) groups is 1. The van der Waals surface area contributed by atoms with Crippen LogP contribution in [0.15, 0.2) is 22.5 Å². The van der Waals surface area contributed by atoms with Crippen LogP contribution in [0.25, 0.3) is 0 Å². The Kier molecular flexibility index (Phi) is 6.04. The fraction of sp³-hybridized carbons (Fsp3) is 0.647. The Morgan fingerprint density at radius 1 is 1.43 bits per heavy atom. The van der Waals surface area contributed by atoms with Crippen LogP contribution in [0, 0.1) is 5.41 Å². The van der Waals surface area contributed by atoms with E-state index in [2.05, 4.69) is 40.1 Å². The molecule has 23 heavy (non-hydrogen) atoms. The van der Waals surface area contributed by atoms with Gasteiger partial charge in [-0.15, -0.1) is 11.3 Å². The number of hydrogen-bond donors (Lipinski definition) is 2. The minimum atomic E-state index is -0.284. The first-order valence-corrected chi connectivity index (χ1v) is 9.09. The van der Waals surface area contributed by atoms with Crippen LogP contribution in [0.4, 0.5) is 0 Å². The summed E-state index contributed by atoms with van der Waals surface area (Å²) in [5.41, 5.74) is -0.284. The van der Waals surface area contributed by atoms with Gasteiger partial charge in [0.25, 0.3) is 0 Å². The van der Waals surface area contributed by atoms with Crippen LogP contribution in [0.5, 0.6) is 0 Å². The zero-order valence-electron chi connectivity index (χ0n) is 14.6.